The summed E-state index contributed by atoms with van der Waals surface area (Å²) in [7, 11) is 0. The van der Waals surface area contributed by atoms with Crippen LogP contribution in [0.3, 0.4) is 0 Å². The third-order valence-corrected chi connectivity index (χ3v) is 4.66. The molecule has 0 saturated heterocycles. The number of fused-ring (bicyclic) bond motifs is 2. The van der Waals surface area contributed by atoms with Crippen molar-refractivity contribution in [3.8, 4) is 11.3 Å². The number of anilines is 1. The minimum atomic E-state index is -0.478. The Morgan fingerprint density at radius 3 is 2.80 bits per heavy atom. The van der Waals surface area contributed by atoms with Crippen LogP contribution in [0.1, 0.15) is 17.3 Å². The zero-order chi connectivity index (χ0) is 17.6. The minimum Gasteiger partial charge on any atom is -0.366 e. The average Bonchev–Trinajstić information content (AvgIpc) is 3.15. The molecule has 4 aromatic rings. The summed E-state index contributed by atoms with van der Waals surface area (Å²) in [6.45, 7) is 1.44. The van der Waals surface area contributed by atoms with Crippen LogP contribution in [0.2, 0.25) is 0 Å². The quantitative estimate of drug-likeness (QED) is 0.526. The third kappa shape index (κ3) is 2.72. The molecule has 0 fully saturated rings. The maximum Gasteiger partial charge on any atom is 0.250 e. The molecule has 3 heterocycles. The van der Waals surface area contributed by atoms with Crippen LogP contribution in [-0.2, 0) is 4.79 Å². The first kappa shape index (κ1) is 15.3. The second-order valence-electron chi connectivity index (χ2n) is 5.55. The van der Waals surface area contributed by atoms with Crippen molar-refractivity contribution in [2.24, 2.45) is 5.73 Å². The predicted molar refractivity (Wildman–Crippen MR) is 97.5 cm³/mol. The summed E-state index contributed by atoms with van der Waals surface area (Å²) in [6.07, 6.45) is 1.61. The van der Waals surface area contributed by atoms with Gasteiger partial charge in [0.1, 0.15) is 10.3 Å². The van der Waals surface area contributed by atoms with Crippen molar-refractivity contribution < 1.29 is 9.59 Å². The highest BCUT2D eigenvalue weighted by Gasteiger charge is 2.12. The fourth-order valence-corrected chi connectivity index (χ4v) is 3.55. The lowest BCUT2D eigenvalue weighted by Crippen LogP contribution is -2.09. The largest absolute Gasteiger partial charge is 0.366 e. The van der Waals surface area contributed by atoms with Crippen molar-refractivity contribution in [2.75, 3.05) is 5.32 Å². The standard InChI is InChI=1S/C17H13N5O2S/c1-8(23)20-17-22-14-5-4-12(21-16(14)25-17)9-2-3-13-10(6-9)11(7-19-13)15(18)24/h2-7,19H,1H3,(H2,18,24)(H,20,22,23). The summed E-state index contributed by atoms with van der Waals surface area (Å²) in [5.74, 6) is -0.648. The number of thiazole rings is 1. The Morgan fingerprint density at radius 1 is 1.20 bits per heavy atom. The number of rotatable bonds is 3. The molecule has 3 aromatic heterocycles. The first-order valence-electron chi connectivity index (χ1n) is 7.48. The van der Waals surface area contributed by atoms with Gasteiger partial charge in [0.15, 0.2) is 5.13 Å². The predicted octanol–water partition coefficient (Wildman–Crippen LogP) is 2.90. The summed E-state index contributed by atoms with van der Waals surface area (Å²) in [5, 5.41) is 3.94. The number of carbonyl (C=O) groups is 2. The van der Waals surface area contributed by atoms with Crippen molar-refractivity contribution in [3.05, 3.63) is 42.1 Å². The Bertz CT molecular complexity index is 1140. The molecule has 4 N–H and O–H groups in total. The minimum absolute atomic E-state index is 0.170. The smallest absolute Gasteiger partial charge is 0.250 e. The van der Waals surface area contributed by atoms with Gasteiger partial charge in [-0.1, -0.05) is 17.4 Å². The number of nitrogens with one attached hydrogen (secondary N) is 2. The monoisotopic (exact) mass is 351 g/mol. The van der Waals surface area contributed by atoms with Crippen LogP contribution >= 0.6 is 11.3 Å². The number of H-pyrrole nitrogens is 1. The van der Waals surface area contributed by atoms with Crippen molar-refractivity contribution in [1.29, 1.82) is 0 Å². The van der Waals surface area contributed by atoms with E-state index in [0.717, 1.165) is 32.5 Å². The summed E-state index contributed by atoms with van der Waals surface area (Å²) in [4.78, 5) is 35.4. The maximum absolute atomic E-state index is 11.5. The molecule has 0 radical (unpaired) electrons. The molecular formula is C17H13N5O2S. The molecule has 4 rings (SSSR count). The molecule has 25 heavy (non-hydrogen) atoms. The van der Waals surface area contributed by atoms with E-state index in [4.69, 9.17) is 5.73 Å². The molecule has 0 spiro atoms. The number of aromatic nitrogens is 3. The van der Waals surface area contributed by atoms with E-state index in [1.165, 1.54) is 18.3 Å². The molecule has 0 saturated carbocycles. The van der Waals surface area contributed by atoms with E-state index in [1.54, 1.807) is 6.20 Å². The number of primary amides is 1. The molecule has 0 atom stereocenters. The molecule has 2 amide bonds. The molecule has 8 heteroatoms. The number of hydrogen-bond acceptors (Lipinski definition) is 5. The molecule has 0 unspecified atom stereocenters. The van der Waals surface area contributed by atoms with Gasteiger partial charge in [-0.15, -0.1) is 0 Å². The number of pyridine rings is 1. The summed E-state index contributed by atoms with van der Waals surface area (Å²) in [6, 6.07) is 9.41. The maximum atomic E-state index is 11.5. The van der Waals surface area contributed by atoms with Crippen LogP contribution in [-0.4, -0.2) is 26.8 Å². The Hall–Kier alpha value is -3.26. The number of hydrogen-bond donors (Lipinski definition) is 3. The van der Waals surface area contributed by atoms with E-state index in [9.17, 15) is 9.59 Å². The molecule has 0 aliphatic heterocycles. The summed E-state index contributed by atoms with van der Waals surface area (Å²) >= 11 is 1.31. The van der Waals surface area contributed by atoms with E-state index >= 15 is 0 Å². The first-order valence-corrected chi connectivity index (χ1v) is 8.29. The van der Waals surface area contributed by atoms with Gasteiger partial charge < -0.3 is 16.0 Å². The number of amides is 2. The second kappa shape index (κ2) is 5.67. The van der Waals surface area contributed by atoms with Crippen LogP contribution in [0.15, 0.2) is 36.5 Å². The number of carbonyl (C=O) groups excluding carboxylic acids is 2. The van der Waals surface area contributed by atoms with E-state index in [1.807, 2.05) is 30.3 Å². The normalized spacial score (nSPS) is 11.1. The van der Waals surface area contributed by atoms with Crippen molar-refractivity contribution in [3.63, 3.8) is 0 Å². The third-order valence-electron chi connectivity index (χ3n) is 3.78. The molecule has 1 aromatic carbocycles. The van der Waals surface area contributed by atoms with Gasteiger partial charge in [0, 0.05) is 29.6 Å². The van der Waals surface area contributed by atoms with Crippen molar-refractivity contribution in [2.45, 2.75) is 6.92 Å². The van der Waals surface area contributed by atoms with Crippen LogP contribution in [0.4, 0.5) is 5.13 Å². The summed E-state index contributed by atoms with van der Waals surface area (Å²) in [5.41, 5.74) is 9.04. The van der Waals surface area contributed by atoms with E-state index in [2.05, 4.69) is 20.3 Å². The Labute approximate surface area is 145 Å². The van der Waals surface area contributed by atoms with Crippen LogP contribution in [0.5, 0.6) is 0 Å². The van der Waals surface area contributed by atoms with Gasteiger partial charge in [0.05, 0.1) is 11.3 Å². The fourth-order valence-electron chi connectivity index (χ4n) is 2.67. The molecule has 124 valence electrons. The lowest BCUT2D eigenvalue weighted by Gasteiger charge is -2.02. The molecule has 0 aliphatic rings. The zero-order valence-corrected chi connectivity index (χ0v) is 14.0. The topological polar surface area (TPSA) is 114 Å². The van der Waals surface area contributed by atoms with E-state index in [0.29, 0.717) is 10.7 Å². The van der Waals surface area contributed by atoms with Crippen LogP contribution in [0.25, 0.3) is 32.5 Å². The highest BCUT2D eigenvalue weighted by Crippen LogP contribution is 2.29. The Balaban J connectivity index is 1.80. The summed E-state index contributed by atoms with van der Waals surface area (Å²) < 4.78 is 0. The van der Waals surface area contributed by atoms with E-state index in [-0.39, 0.29) is 5.91 Å². The first-order chi connectivity index (χ1) is 12.0. The van der Waals surface area contributed by atoms with Crippen LogP contribution < -0.4 is 11.1 Å². The van der Waals surface area contributed by atoms with E-state index < -0.39 is 5.91 Å². The second-order valence-corrected chi connectivity index (χ2v) is 6.53. The highest BCUT2D eigenvalue weighted by molar-refractivity contribution is 7.21. The zero-order valence-electron chi connectivity index (χ0n) is 13.2. The van der Waals surface area contributed by atoms with Gasteiger partial charge in [-0.05, 0) is 24.3 Å². The number of nitrogens with zero attached hydrogens (tertiary/aromatic N) is 2. The number of nitrogens with two attached hydrogens (primary N) is 1. The van der Waals surface area contributed by atoms with Gasteiger partial charge in [0.2, 0.25) is 5.91 Å². The fraction of sp³-hybridized carbons (Fsp3) is 0.0588. The van der Waals surface area contributed by atoms with Gasteiger partial charge in [-0.2, -0.15) is 0 Å². The number of aromatic amines is 1. The van der Waals surface area contributed by atoms with Gasteiger partial charge >= 0.3 is 0 Å². The lowest BCUT2D eigenvalue weighted by atomic mass is 10.1. The lowest BCUT2D eigenvalue weighted by molar-refractivity contribution is -0.114. The number of benzene rings is 1. The van der Waals surface area contributed by atoms with Gasteiger partial charge in [0.25, 0.3) is 5.91 Å². The van der Waals surface area contributed by atoms with Gasteiger partial charge in [-0.25, -0.2) is 9.97 Å². The van der Waals surface area contributed by atoms with Gasteiger partial charge in [-0.3, -0.25) is 9.59 Å². The average molecular weight is 351 g/mol. The highest BCUT2D eigenvalue weighted by atomic mass is 32.1. The molecule has 0 aliphatic carbocycles. The molecule has 0 bridgehead atoms. The SMILES string of the molecule is CC(=O)Nc1nc2ccc(-c3ccc4[nH]cc(C(N)=O)c4c3)nc2s1. The Kier molecular flexibility index (Phi) is 3.47. The molecular weight excluding hydrogens is 338 g/mol. The van der Waals surface area contributed by atoms with Crippen molar-refractivity contribution in [1.82, 2.24) is 15.0 Å². The Morgan fingerprint density at radius 2 is 2.04 bits per heavy atom. The molecule has 7 nitrogen and oxygen atoms in total. The van der Waals surface area contributed by atoms with Crippen LogP contribution in [0, 0.1) is 0 Å². The van der Waals surface area contributed by atoms with Crippen molar-refractivity contribution >= 4 is 49.5 Å².